The Balaban J connectivity index is 1.91. The van der Waals surface area contributed by atoms with Gasteiger partial charge in [0.25, 0.3) is 0 Å². The molecule has 0 spiro atoms. The van der Waals surface area contributed by atoms with E-state index in [9.17, 15) is 4.79 Å². The van der Waals surface area contributed by atoms with Gasteiger partial charge in [-0.05, 0) is 31.2 Å². The minimum atomic E-state index is -0.147. The third-order valence-corrected chi connectivity index (χ3v) is 3.33. The highest BCUT2D eigenvalue weighted by molar-refractivity contribution is 5.94. The number of methoxy groups -OCH3 is 1. The summed E-state index contributed by atoms with van der Waals surface area (Å²) in [6, 6.07) is 7.18. The van der Waals surface area contributed by atoms with Crippen molar-refractivity contribution in [2.45, 2.75) is 13.0 Å². The lowest BCUT2D eigenvalue weighted by Crippen LogP contribution is -2.47. The van der Waals surface area contributed by atoms with Crippen LogP contribution in [0.5, 0.6) is 5.75 Å². The number of nitrogens with one attached hydrogen (secondary N) is 1. The molecule has 5 nitrogen and oxygen atoms in total. The van der Waals surface area contributed by atoms with Crippen molar-refractivity contribution in [3.8, 4) is 5.75 Å². The van der Waals surface area contributed by atoms with Crippen LogP contribution in [0.3, 0.4) is 0 Å². The molecular formula is C14H20N2O3. The summed E-state index contributed by atoms with van der Waals surface area (Å²) in [5, 5.41) is 2.91. The highest BCUT2D eigenvalue weighted by Crippen LogP contribution is 2.15. The van der Waals surface area contributed by atoms with Crippen LogP contribution in [0.2, 0.25) is 0 Å². The van der Waals surface area contributed by atoms with Gasteiger partial charge in [-0.1, -0.05) is 0 Å². The normalized spacial score (nSPS) is 17.8. The molecule has 0 unspecified atom stereocenters. The molecule has 2 rings (SSSR count). The van der Waals surface area contributed by atoms with Crippen LogP contribution in [0.25, 0.3) is 0 Å². The maximum absolute atomic E-state index is 12.1. The van der Waals surface area contributed by atoms with E-state index in [-0.39, 0.29) is 11.9 Å². The summed E-state index contributed by atoms with van der Waals surface area (Å²) in [7, 11) is 1.62. The van der Waals surface area contributed by atoms with Crippen molar-refractivity contribution < 1.29 is 14.3 Å². The minimum absolute atomic E-state index is 0.00654. The number of ether oxygens (including phenoxy) is 2. The quantitative estimate of drug-likeness (QED) is 0.892. The van der Waals surface area contributed by atoms with Gasteiger partial charge in [0.05, 0.1) is 26.4 Å². The molecule has 1 amide bonds. The molecule has 0 bridgehead atoms. The number of anilines is 1. The van der Waals surface area contributed by atoms with Crippen molar-refractivity contribution in [1.29, 1.82) is 0 Å². The molecule has 1 atom stereocenters. The van der Waals surface area contributed by atoms with Gasteiger partial charge >= 0.3 is 0 Å². The second-order valence-electron chi connectivity index (χ2n) is 4.54. The van der Waals surface area contributed by atoms with Gasteiger partial charge in [0.1, 0.15) is 5.75 Å². The predicted molar refractivity (Wildman–Crippen MR) is 73.5 cm³/mol. The summed E-state index contributed by atoms with van der Waals surface area (Å²) >= 11 is 0. The topological polar surface area (TPSA) is 50.8 Å². The van der Waals surface area contributed by atoms with E-state index >= 15 is 0 Å². The highest BCUT2D eigenvalue weighted by atomic mass is 16.5. The molecule has 1 heterocycles. The first-order valence-corrected chi connectivity index (χ1v) is 6.47. The van der Waals surface area contributed by atoms with Gasteiger partial charge in [-0.2, -0.15) is 0 Å². The number of hydrogen-bond acceptors (Lipinski definition) is 4. The van der Waals surface area contributed by atoms with Crippen LogP contribution in [0.15, 0.2) is 24.3 Å². The van der Waals surface area contributed by atoms with Crippen molar-refractivity contribution in [2.75, 3.05) is 38.7 Å². The molecule has 0 aliphatic carbocycles. The van der Waals surface area contributed by atoms with Crippen molar-refractivity contribution in [2.24, 2.45) is 0 Å². The molecule has 1 aliphatic rings. The second kappa shape index (κ2) is 6.54. The smallest absolute Gasteiger partial charge is 0.241 e. The van der Waals surface area contributed by atoms with Gasteiger partial charge in [-0.25, -0.2) is 0 Å². The Hall–Kier alpha value is -1.59. The summed E-state index contributed by atoms with van der Waals surface area (Å²) in [5.41, 5.74) is 0.783. The fourth-order valence-electron chi connectivity index (χ4n) is 2.05. The van der Waals surface area contributed by atoms with E-state index in [0.717, 1.165) is 24.5 Å². The molecule has 1 saturated heterocycles. The summed E-state index contributed by atoms with van der Waals surface area (Å²) in [6.45, 7) is 4.92. The summed E-state index contributed by atoms with van der Waals surface area (Å²) in [6.07, 6.45) is 0. The Morgan fingerprint density at radius 1 is 1.32 bits per heavy atom. The average Bonchev–Trinajstić information content (AvgIpc) is 2.48. The van der Waals surface area contributed by atoms with Crippen LogP contribution >= 0.6 is 0 Å². The van der Waals surface area contributed by atoms with E-state index in [0.29, 0.717) is 13.2 Å². The first-order chi connectivity index (χ1) is 9.20. The third kappa shape index (κ3) is 3.68. The Labute approximate surface area is 113 Å². The Morgan fingerprint density at radius 3 is 2.53 bits per heavy atom. The van der Waals surface area contributed by atoms with Crippen LogP contribution in [0.4, 0.5) is 5.69 Å². The largest absolute Gasteiger partial charge is 0.497 e. The molecule has 1 aliphatic heterocycles. The lowest BCUT2D eigenvalue weighted by Gasteiger charge is -2.31. The number of amides is 1. The molecule has 1 N–H and O–H groups in total. The van der Waals surface area contributed by atoms with Crippen molar-refractivity contribution >= 4 is 11.6 Å². The van der Waals surface area contributed by atoms with E-state index in [1.807, 2.05) is 31.2 Å². The van der Waals surface area contributed by atoms with Gasteiger partial charge < -0.3 is 14.8 Å². The zero-order valence-electron chi connectivity index (χ0n) is 11.4. The van der Waals surface area contributed by atoms with Gasteiger partial charge in [0, 0.05) is 18.8 Å². The summed E-state index contributed by atoms with van der Waals surface area (Å²) < 4.78 is 10.4. The zero-order chi connectivity index (χ0) is 13.7. The number of benzene rings is 1. The van der Waals surface area contributed by atoms with E-state index in [1.165, 1.54) is 0 Å². The van der Waals surface area contributed by atoms with Crippen LogP contribution in [0.1, 0.15) is 6.92 Å². The standard InChI is InChI=1S/C14H20N2O3/c1-11(16-7-9-19-10-8-16)14(17)15-12-3-5-13(18-2)6-4-12/h3-6,11H,7-10H2,1-2H3,(H,15,17)/t11-/m1/s1. The Kier molecular flexibility index (Phi) is 4.76. The number of nitrogens with zero attached hydrogens (tertiary/aromatic N) is 1. The van der Waals surface area contributed by atoms with Gasteiger partial charge in [0.2, 0.25) is 5.91 Å². The van der Waals surface area contributed by atoms with E-state index < -0.39 is 0 Å². The van der Waals surface area contributed by atoms with E-state index in [1.54, 1.807) is 7.11 Å². The number of rotatable bonds is 4. The summed E-state index contributed by atoms with van der Waals surface area (Å²) in [4.78, 5) is 14.3. The van der Waals surface area contributed by atoms with Gasteiger partial charge in [0.15, 0.2) is 0 Å². The fraction of sp³-hybridized carbons (Fsp3) is 0.500. The molecule has 1 aromatic carbocycles. The SMILES string of the molecule is COc1ccc(NC(=O)[C@@H](C)N2CCOCC2)cc1. The van der Waals surface area contributed by atoms with Crippen molar-refractivity contribution in [3.63, 3.8) is 0 Å². The number of carbonyl (C=O) groups is 1. The first-order valence-electron chi connectivity index (χ1n) is 6.47. The van der Waals surface area contributed by atoms with Crippen molar-refractivity contribution in [3.05, 3.63) is 24.3 Å². The molecule has 104 valence electrons. The van der Waals surface area contributed by atoms with Crippen LogP contribution in [-0.4, -0.2) is 50.3 Å². The van der Waals surface area contributed by atoms with Crippen LogP contribution in [0, 0.1) is 0 Å². The highest BCUT2D eigenvalue weighted by Gasteiger charge is 2.22. The maximum Gasteiger partial charge on any atom is 0.241 e. The molecule has 19 heavy (non-hydrogen) atoms. The lowest BCUT2D eigenvalue weighted by atomic mass is 10.2. The average molecular weight is 264 g/mol. The predicted octanol–water partition coefficient (Wildman–Crippen LogP) is 1.35. The molecule has 1 aromatic rings. The molecule has 0 saturated carbocycles. The maximum atomic E-state index is 12.1. The number of morpholine rings is 1. The Bertz CT molecular complexity index is 413. The van der Waals surface area contributed by atoms with E-state index in [2.05, 4.69) is 10.2 Å². The van der Waals surface area contributed by atoms with Crippen LogP contribution < -0.4 is 10.1 Å². The molecule has 1 fully saturated rings. The van der Waals surface area contributed by atoms with E-state index in [4.69, 9.17) is 9.47 Å². The minimum Gasteiger partial charge on any atom is -0.497 e. The van der Waals surface area contributed by atoms with Crippen LogP contribution in [-0.2, 0) is 9.53 Å². The molecule has 0 radical (unpaired) electrons. The molecule has 0 aromatic heterocycles. The molecule has 5 heteroatoms. The fourth-order valence-corrected chi connectivity index (χ4v) is 2.05. The van der Waals surface area contributed by atoms with Crippen molar-refractivity contribution in [1.82, 2.24) is 4.90 Å². The summed E-state index contributed by atoms with van der Waals surface area (Å²) in [5.74, 6) is 0.784. The lowest BCUT2D eigenvalue weighted by molar-refractivity contribution is -0.122. The third-order valence-electron chi connectivity index (χ3n) is 3.33. The number of hydrogen-bond donors (Lipinski definition) is 1. The monoisotopic (exact) mass is 264 g/mol. The van der Waals surface area contributed by atoms with Gasteiger partial charge in [-0.3, -0.25) is 9.69 Å². The zero-order valence-corrected chi connectivity index (χ0v) is 11.4. The van der Waals surface area contributed by atoms with Gasteiger partial charge in [-0.15, -0.1) is 0 Å². The second-order valence-corrected chi connectivity index (χ2v) is 4.54. The molecular weight excluding hydrogens is 244 g/mol. The Morgan fingerprint density at radius 2 is 1.95 bits per heavy atom. The first kappa shape index (κ1) is 13.8. The number of carbonyl (C=O) groups excluding carboxylic acids is 1.